The number of hydrogen-bond acceptors (Lipinski definition) is 4. The highest BCUT2D eigenvalue weighted by Crippen LogP contribution is 2.41. The smallest absolute Gasteiger partial charge is 0.272 e. The lowest BCUT2D eigenvalue weighted by molar-refractivity contribution is 0.0920. The fraction of sp³-hybridized carbons (Fsp3) is 0.667. The first kappa shape index (κ1) is 16.3. The van der Waals surface area contributed by atoms with Gasteiger partial charge in [0.05, 0.1) is 5.54 Å². The van der Waals surface area contributed by atoms with Gasteiger partial charge in [0.25, 0.3) is 5.91 Å². The molecule has 1 aliphatic heterocycles. The summed E-state index contributed by atoms with van der Waals surface area (Å²) in [5.41, 5.74) is 1.61. The molecule has 1 saturated carbocycles. The summed E-state index contributed by atoms with van der Waals surface area (Å²) in [6.45, 7) is 9.07. The molecule has 25 heavy (non-hydrogen) atoms. The molecule has 0 aromatic carbocycles. The summed E-state index contributed by atoms with van der Waals surface area (Å²) in [6.07, 6.45) is 4.12. The molecular weight excluding hydrogens is 316 g/mol. The highest BCUT2D eigenvalue weighted by atomic mass is 16.2. The van der Waals surface area contributed by atoms with E-state index in [4.69, 9.17) is 0 Å². The van der Waals surface area contributed by atoms with E-state index >= 15 is 0 Å². The number of carbonyl (C=O) groups excluding carboxylic acids is 1. The van der Waals surface area contributed by atoms with Crippen LogP contribution in [0.2, 0.25) is 0 Å². The van der Waals surface area contributed by atoms with E-state index < -0.39 is 0 Å². The van der Waals surface area contributed by atoms with Gasteiger partial charge in [-0.3, -0.25) is 9.48 Å². The number of rotatable bonds is 3. The van der Waals surface area contributed by atoms with Crippen molar-refractivity contribution in [3.63, 3.8) is 0 Å². The average Bonchev–Trinajstić information content (AvgIpc) is 3.18. The third kappa shape index (κ3) is 3.07. The number of amides is 1. The number of hydrogen-bond donors (Lipinski definition) is 1. The number of aromatic nitrogens is 5. The van der Waals surface area contributed by atoms with Gasteiger partial charge in [-0.05, 0) is 53.0 Å². The fourth-order valence-corrected chi connectivity index (χ4v) is 3.55. The number of nitrogens with zero attached hydrogens (tertiary/aromatic N) is 5. The van der Waals surface area contributed by atoms with Crippen LogP contribution in [-0.2, 0) is 18.5 Å². The fourth-order valence-electron chi connectivity index (χ4n) is 3.55. The van der Waals surface area contributed by atoms with Crippen molar-refractivity contribution in [3.05, 3.63) is 29.1 Å². The summed E-state index contributed by atoms with van der Waals surface area (Å²) in [5, 5.41) is 16.1. The van der Waals surface area contributed by atoms with Gasteiger partial charge in [-0.2, -0.15) is 5.10 Å². The lowest BCUT2D eigenvalue weighted by Gasteiger charge is -2.24. The van der Waals surface area contributed by atoms with Crippen molar-refractivity contribution in [3.8, 4) is 0 Å². The lowest BCUT2D eigenvalue weighted by Crippen LogP contribution is -2.41. The van der Waals surface area contributed by atoms with E-state index in [0.717, 1.165) is 31.0 Å². The lowest BCUT2D eigenvalue weighted by atomic mass is 10.1. The van der Waals surface area contributed by atoms with Crippen molar-refractivity contribution in [2.45, 2.75) is 77.4 Å². The zero-order valence-electron chi connectivity index (χ0n) is 15.4. The summed E-state index contributed by atoms with van der Waals surface area (Å²) in [6, 6.07) is 2.08. The average molecular weight is 342 g/mol. The van der Waals surface area contributed by atoms with Crippen LogP contribution < -0.4 is 5.32 Å². The molecule has 7 heteroatoms. The molecule has 1 N–H and O–H groups in total. The normalized spacial score (nSPS) is 20.4. The van der Waals surface area contributed by atoms with Crippen LogP contribution in [0.15, 0.2) is 6.07 Å². The Labute approximate surface area is 147 Å². The first-order valence-corrected chi connectivity index (χ1v) is 9.13. The molecule has 0 radical (unpaired) electrons. The van der Waals surface area contributed by atoms with Gasteiger partial charge < -0.3 is 9.88 Å². The largest absolute Gasteiger partial charge is 0.346 e. The van der Waals surface area contributed by atoms with Crippen molar-refractivity contribution in [2.75, 3.05) is 0 Å². The Balaban J connectivity index is 1.51. The van der Waals surface area contributed by atoms with Gasteiger partial charge in [-0.15, -0.1) is 10.2 Å². The van der Waals surface area contributed by atoms with Gasteiger partial charge in [0.2, 0.25) is 0 Å². The van der Waals surface area contributed by atoms with Crippen LogP contribution in [0.5, 0.6) is 0 Å². The monoisotopic (exact) mass is 342 g/mol. The van der Waals surface area contributed by atoms with Crippen LogP contribution in [0.4, 0.5) is 0 Å². The minimum absolute atomic E-state index is 0.0796. The molecule has 2 aromatic heterocycles. The second-order valence-electron chi connectivity index (χ2n) is 8.29. The molecule has 7 nitrogen and oxygen atoms in total. The second kappa shape index (κ2) is 5.68. The highest BCUT2D eigenvalue weighted by Gasteiger charge is 2.33. The van der Waals surface area contributed by atoms with E-state index in [9.17, 15) is 4.79 Å². The molecule has 1 atom stereocenters. The molecule has 3 heterocycles. The Kier molecular flexibility index (Phi) is 3.70. The first-order chi connectivity index (χ1) is 11.8. The standard InChI is InChI=1S/C18H26N6O/c1-11-20-21-16-8-7-13(10-23(11)16)19-17(25)14-9-15(12-5-6-12)24(22-14)18(2,3)4/h9,12-13H,5-8,10H2,1-4H3,(H,19,25)/t13-/m1/s1. The van der Waals surface area contributed by atoms with Crippen LogP contribution in [0.3, 0.4) is 0 Å². The van der Waals surface area contributed by atoms with Crippen molar-refractivity contribution in [2.24, 2.45) is 0 Å². The van der Waals surface area contributed by atoms with Gasteiger partial charge in [0.1, 0.15) is 17.3 Å². The number of carbonyl (C=O) groups is 1. The molecular formula is C18H26N6O. The van der Waals surface area contributed by atoms with Crippen LogP contribution in [0, 0.1) is 6.92 Å². The molecule has 0 spiro atoms. The molecule has 0 unspecified atom stereocenters. The number of aryl methyl sites for hydroxylation is 2. The second-order valence-corrected chi connectivity index (χ2v) is 8.29. The van der Waals surface area contributed by atoms with Crippen molar-refractivity contribution >= 4 is 5.91 Å². The third-order valence-electron chi connectivity index (χ3n) is 5.07. The van der Waals surface area contributed by atoms with Crippen LogP contribution in [0.1, 0.15) is 73.8 Å². The first-order valence-electron chi connectivity index (χ1n) is 9.13. The zero-order valence-corrected chi connectivity index (χ0v) is 15.4. The Hall–Kier alpha value is -2.18. The molecule has 1 amide bonds. The van der Waals surface area contributed by atoms with Gasteiger partial charge in [-0.1, -0.05) is 0 Å². The predicted molar refractivity (Wildman–Crippen MR) is 93.5 cm³/mol. The van der Waals surface area contributed by atoms with Crippen molar-refractivity contribution < 1.29 is 4.79 Å². The molecule has 0 bridgehead atoms. The molecule has 2 aliphatic rings. The van der Waals surface area contributed by atoms with E-state index in [0.29, 0.717) is 11.6 Å². The van der Waals surface area contributed by atoms with E-state index in [2.05, 4.69) is 46.0 Å². The maximum absolute atomic E-state index is 12.8. The number of nitrogens with one attached hydrogen (secondary N) is 1. The summed E-state index contributed by atoms with van der Waals surface area (Å²) in [7, 11) is 0. The van der Waals surface area contributed by atoms with Crippen LogP contribution in [-0.4, -0.2) is 36.5 Å². The Morgan fingerprint density at radius 1 is 1.24 bits per heavy atom. The number of fused-ring (bicyclic) bond motifs is 1. The maximum Gasteiger partial charge on any atom is 0.272 e. The SMILES string of the molecule is Cc1nnc2n1C[C@H](NC(=O)c1cc(C3CC3)n(C(C)(C)C)n1)CC2. The van der Waals surface area contributed by atoms with E-state index in [-0.39, 0.29) is 17.5 Å². The zero-order chi connectivity index (χ0) is 17.8. The summed E-state index contributed by atoms with van der Waals surface area (Å²) in [4.78, 5) is 12.8. The van der Waals surface area contributed by atoms with Crippen molar-refractivity contribution in [1.82, 2.24) is 29.9 Å². The third-order valence-corrected chi connectivity index (χ3v) is 5.07. The van der Waals surface area contributed by atoms with Gasteiger partial charge in [0, 0.05) is 30.6 Å². The Morgan fingerprint density at radius 3 is 2.68 bits per heavy atom. The molecule has 134 valence electrons. The highest BCUT2D eigenvalue weighted by molar-refractivity contribution is 5.92. The predicted octanol–water partition coefficient (Wildman–Crippen LogP) is 2.16. The van der Waals surface area contributed by atoms with Gasteiger partial charge in [-0.25, -0.2) is 0 Å². The quantitative estimate of drug-likeness (QED) is 0.927. The van der Waals surface area contributed by atoms with Crippen molar-refractivity contribution in [1.29, 1.82) is 0 Å². The minimum atomic E-state index is -0.115. The Morgan fingerprint density at radius 2 is 2.00 bits per heavy atom. The van der Waals surface area contributed by atoms with Crippen LogP contribution in [0.25, 0.3) is 0 Å². The molecule has 0 saturated heterocycles. The molecule has 1 fully saturated rings. The molecule has 1 aliphatic carbocycles. The Bertz CT molecular complexity index is 808. The summed E-state index contributed by atoms with van der Waals surface area (Å²) < 4.78 is 4.13. The van der Waals surface area contributed by atoms with Gasteiger partial charge >= 0.3 is 0 Å². The van der Waals surface area contributed by atoms with Gasteiger partial charge in [0.15, 0.2) is 0 Å². The molecule has 2 aromatic rings. The van der Waals surface area contributed by atoms with E-state index in [1.54, 1.807) is 0 Å². The topological polar surface area (TPSA) is 77.6 Å². The van der Waals surface area contributed by atoms with Crippen LogP contribution >= 0.6 is 0 Å². The molecule has 4 rings (SSSR count). The summed E-state index contributed by atoms with van der Waals surface area (Å²) in [5.74, 6) is 2.40. The summed E-state index contributed by atoms with van der Waals surface area (Å²) >= 11 is 0. The maximum atomic E-state index is 12.8. The minimum Gasteiger partial charge on any atom is -0.346 e. The van der Waals surface area contributed by atoms with E-state index in [1.165, 1.54) is 18.5 Å². The van der Waals surface area contributed by atoms with E-state index in [1.807, 2.05) is 17.7 Å².